The van der Waals surface area contributed by atoms with Crippen LogP contribution in [0.2, 0.25) is 0 Å². The van der Waals surface area contributed by atoms with Crippen molar-refractivity contribution in [2.45, 2.75) is 19.4 Å². The van der Waals surface area contributed by atoms with Crippen LogP contribution >= 0.6 is 0 Å². The van der Waals surface area contributed by atoms with Crippen molar-refractivity contribution < 1.29 is 20.1 Å². The van der Waals surface area contributed by atoms with E-state index in [1.807, 2.05) is 13.0 Å². The zero-order valence-electron chi connectivity index (χ0n) is 10.6. The Hall–Kier alpha value is -1.43. The predicted molar refractivity (Wildman–Crippen MR) is 67.4 cm³/mol. The molecule has 0 spiro atoms. The zero-order valence-corrected chi connectivity index (χ0v) is 10.6. The largest absolute Gasteiger partial charge is 0.394 e. The lowest BCUT2D eigenvalue weighted by molar-refractivity contribution is 0.0375. The summed E-state index contributed by atoms with van der Waals surface area (Å²) >= 11 is 0. The van der Waals surface area contributed by atoms with Crippen LogP contribution < -0.4 is 5.32 Å². The SMILES string of the molecule is Cc1ccc(C(=O)NC(CO)(CO)CO)c(C)c1. The number of carbonyl (C=O) groups is 1. The van der Waals surface area contributed by atoms with Gasteiger partial charge in [-0.2, -0.15) is 0 Å². The van der Waals surface area contributed by atoms with Gasteiger partial charge in [0.2, 0.25) is 0 Å². The lowest BCUT2D eigenvalue weighted by Crippen LogP contribution is -2.57. The number of nitrogens with one attached hydrogen (secondary N) is 1. The fourth-order valence-electron chi connectivity index (χ4n) is 1.65. The van der Waals surface area contributed by atoms with E-state index in [4.69, 9.17) is 15.3 Å². The van der Waals surface area contributed by atoms with Crippen molar-refractivity contribution in [3.63, 3.8) is 0 Å². The van der Waals surface area contributed by atoms with Crippen LogP contribution in [-0.2, 0) is 0 Å². The van der Waals surface area contributed by atoms with Crippen LogP contribution in [0.1, 0.15) is 21.5 Å². The molecule has 1 rings (SSSR count). The molecule has 0 unspecified atom stereocenters. The number of aryl methyl sites for hydroxylation is 2. The minimum atomic E-state index is -1.39. The normalized spacial score (nSPS) is 11.4. The number of rotatable bonds is 5. The van der Waals surface area contributed by atoms with Gasteiger partial charge in [-0.15, -0.1) is 0 Å². The molecule has 0 aliphatic carbocycles. The summed E-state index contributed by atoms with van der Waals surface area (Å²) < 4.78 is 0. The van der Waals surface area contributed by atoms with Crippen molar-refractivity contribution in [3.05, 3.63) is 34.9 Å². The highest BCUT2D eigenvalue weighted by atomic mass is 16.3. The third-order valence-corrected chi connectivity index (χ3v) is 2.91. The number of carbonyl (C=O) groups excluding carboxylic acids is 1. The second-order valence-electron chi connectivity index (χ2n) is 4.53. The maximum absolute atomic E-state index is 12.0. The van der Waals surface area contributed by atoms with Crippen molar-refractivity contribution in [1.29, 1.82) is 0 Å². The van der Waals surface area contributed by atoms with Gasteiger partial charge in [0.25, 0.3) is 5.91 Å². The monoisotopic (exact) mass is 253 g/mol. The van der Waals surface area contributed by atoms with Crippen LogP contribution in [0, 0.1) is 13.8 Å². The van der Waals surface area contributed by atoms with Gasteiger partial charge in [-0.3, -0.25) is 4.79 Å². The van der Waals surface area contributed by atoms with Crippen LogP contribution in [0.3, 0.4) is 0 Å². The minimum Gasteiger partial charge on any atom is -0.394 e. The summed E-state index contributed by atoms with van der Waals surface area (Å²) in [5, 5.41) is 29.9. The molecule has 100 valence electrons. The Bertz CT molecular complexity index is 419. The quantitative estimate of drug-likeness (QED) is 0.582. The number of aliphatic hydroxyl groups is 3. The molecule has 0 bridgehead atoms. The topological polar surface area (TPSA) is 89.8 Å². The van der Waals surface area contributed by atoms with Gasteiger partial charge in [0.05, 0.1) is 19.8 Å². The first kappa shape index (κ1) is 14.6. The molecule has 0 aromatic heterocycles. The molecule has 0 saturated heterocycles. The van der Waals surface area contributed by atoms with E-state index in [0.717, 1.165) is 11.1 Å². The van der Waals surface area contributed by atoms with Gasteiger partial charge >= 0.3 is 0 Å². The van der Waals surface area contributed by atoms with Gasteiger partial charge in [-0.05, 0) is 25.5 Å². The smallest absolute Gasteiger partial charge is 0.252 e. The highest BCUT2D eigenvalue weighted by molar-refractivity contribution is 5.96. The van der Waals surface area contributed by atoms with Gasteiger partial charge < -0.3 is 20.6 Å². The van der Waals surface area contributed by atoms with Crippen molar-refractivity contribution in [2.75, 3.05) is 19.8 Å². The molecule has 1 aromatic carbocycles. The van der Waals surface area contributed by atoms with Gasteiger partial charge in [0.15, 0.2) is 0 Å². The van der Waals surface area contributed by atoms with E-state index < -0.39 is 31.3 Å². The van der Waals surface area contributed by atoms with Crippen molar-refractivity contribution in [2.24, 2.45) is 0 Å². The first-order chi connectivity index (χ1) is 8.48. The molecule has 1 amide bonds. The lowest BCUT2D eigenvalue weighted by atomic mass is 10.0. The number of hydrogen-bond donors (Lipinski definition) is 4. The molecule has 5 heteroatoms. The minimum absolute atomic E-state index is 0.426. The zero-order chi connectivity index (χ0) is 13.8. The molecule has 0 fully saturated rings. The molecule has 18 heavy (non-hydrogen) atoms. The molecular weight excluding hydrogens is 234 g/mol. The average Bonchev–Trinajstić information content (AvgIpc) is 2.36. The van der Waals surface area contributed by atoms with Crippen LogP contribution in [0.15, 0.2) is 18.2 Å². The van der Waals surface area contributed by atoms with E-state index in [0.29, 0.717) is 5.56 Å². The van der Waals surface area contributed by atoms with Gasteiger partial charge in [-0.1, -0.05) is 17.7 Å². The summed E-state index contributed by atoms with van der Waals surface area (Å²) in [4.78, 5) is 12.0. The number of hydrogen-bond acceptors (Lipinski definition) is 4. The molecule has 1 aromatic rings. The summed E-state index contributed by atoms with van der Waals surface area (Å²) in [6.07, 6.45) is 0. The summed E-state index contributed by atoms with van der Waals surface area (Å²) in [7, 11) is 0. The Labute approximate surface area is 106 Å². The predicted octanol–water partition coefficient (Wildman–Crippen LogP) is -0.251. The second kappa shape index (κ2) is 5.95. The molecule has 5 nitrogen and oxygen atoms in total. The standard InChI is InChI=1S/C13H19NO4/c1-9-3-4-11(10(2)5-9)12(18)14-13(6-15,7-16)8-17/h3-5,15-17H,6-8H2,1-2H3,(H,14,18). The lowest BCUT2D eigenvalue weighted by Gasteiger charge is -2.28. The van der Waals surface area contributed by atoms with Crippen LogP contribution in [0.4, 0.5) is 0 Å². The number of amides is 1. The molecule has 0 saturated carbocycles. The highest BCUT2D eigenvalue weighted by Gasteiger charge is 2.30. The van der Waals surface area contributed by atoms with E-state index in [1.165, 1.54) is 0 Å². The Morgan fingerprint density at radius 3 is 2.17 bits per heavy atom. The van der Waals surface area contributed by atoms with Crippen LogP contribution in [0.25, 0.3) is 0 Å². The van der Waals surface area contributed by atoms with E-state index >= 15 is 0 Å². The van der Waals surface area contributed by atoms with Crippen LogP contribution in [-0.4, -0.2) is 46.6 Å². The van der Waals surface area contributed by atoms with Crippen molar-refractivity contribution in [1.82, 2.24) is 5.32 Å². The summed E-state index contributed by atoms with van der Waals surface area (Å²) in [6.45, 7) is 2.14. The maximum Gasteiger partial charge on any atom is 0.252 e. The van der Waals surface area contributed by atoms with E-state index in [9.17, 15) is 4.79 Å². The molecule has 0 atom stereocenters. The van der Waals surface area contributed by atoms with Gasteiger partial charge in [-0.25, -0.2) is 0 Å². The number of aliphatic hydroxyl groups excluding tert-OH is 3. The number of benzene rings is 1. The van der Waals surface area contributed by atoms with Gasteiger partial charge in [0, 0.05) is 5.56 Å². The fraction of sp³-hybridized carbons (Fsp3) is 0.462. The van der Waals surface area contributed by atoms with E-state index in [-0.39, 0.29) is 0 Å². The first-order valence-electron chi connectivity index (χ1n) is 5.70. The summed E-state index contributed by atoms with van der Waals surface area (Å²) in [5.74, 6) is -0.426. The molecule has 0 heterocycles. The Morgan fingerprint density at radius 2 is 1.72 bits per heavy atom. The van der Waals surface area contributed by atoms with Crippen molar-refractivity contribution >= 4 is 5.91 Å². The van der Waals surface area contributed by atoms with Crippen molar-refractivity contribution in [3.8, 4) is 0 Å². The molecule has 0 radical (unpaired) electrons. The highest BCUT2D eigenvalue weighted by Crippen LogP contribution is 2.12. The second-order valence-corrected chi connectivity index (χ2v) is 4.53. The third-order valence-electron chi connectivity index (χ3n) is 2.91. The van der Waals surface area contributed by atoms with E-state index in [1.54, 1.807) is 19.1 Å². The van der Waals surface area contributed by atoms with Gasteiger partial charge in [0.1, 0.15) is 5.54 Å². The average molecular weight is 253 g/mol. The maximum atomic E-state index is 12.0. The fourth-order valence-corrected chi connectivity index (χ4v) is 1.65. The Morgan fingerprint density at radius 1 is 1.17 bits per heavy atom. The first-order valence-corrected chi connectivity index (χ1v) is 5.70. The molecular formula is C13H19NO4. The van der Waals surface area contributed by atoms with E-state index in [2.05, 4.69) is 5.32 Å². The van der Waals surface area contributed by atoms with Crippen LogP contribution in [0.5, 0.6) is 0 Å². The summed E-state index contributed by atoms with van der Waals surface area (Å²) in [6, 6.07) is 5.35. The third kappa shape index (κ3) is 3.07. The molecule has 0 aliphatic rings. The molecule has 0 aliphatic heterocycles. The Balaban J connectivity index is 2.94. The molecule has 4 N–H and O–H groups in total. The summed E-state index contributed by atoms with van der Waals surface area (Å²) in [5.41, 5.74) is 0.909. The Kier molecular flexibility index (Phi) is 4.84.